The number of nitrogens with one attached hydrogen (secondary N) is 3. The number of aromatic amines is 1. The molecular formula is C31H29F2N3O6. The zero-order valence-corrected chi connectivity index (χ0v) is 23.6. The molecule has 4 aromatic rings. The Morgan fingerprint density at radius 2 is 1.62 bits per heavy atom. The van der Waals surface area contributed by atoms with Crippen LogP contribution in [-0.4, -0.2) is 48.9 Å². The van der Waals surface area contributed by atoms with Crippen molar-refractivity contribution in [3.8, 4) is 11.1 Å². The summed E-state index contributed by atoms with van der Waals surface area (Å²) in [5.41, 5.74) is 0.369. The molecule has 0 spiro atoms. The lowest BCUT2D eigenvalue weighted by Crippen LogP contribution is -2.52. The van der Waals surface area contributed by atoms with Crippen LogP contribution in [0.2, 0.25) is 0 Å². The number of para-hydroxylation sites is 1. The Balaban J connectivity index is 1.48. The molecule has 0 saturated carbocycles. The predicted molar refractivity (Wildman–Crippen MR) is 153 cm³/mol. The molecule has 0 radical (unpaired) electrons. The van der Waals surface area contributed by atoms with Crippen LogP contribution in [0.1, 0.15) is 53.0 Å². The summed E-state index contributed by atoms with van der Waals surface area (Å²) in [7, 11) is 2.36. The van der Waals surface area contributed by atoms with Crippen LogP contribution >= 0.6 is 0 Å². The predicted octanol–water partition coefficient (Wildman–Crippen LogP) is 6.61. The lowest BCUT2D eigenvalue weighted by molar-refractivity contribution is 0.0558. The first kappa shape index (κ1) is 28.6. The third kappa shape index (κ3) is 5.02. The number of H-pyrrole nitrogens is 1. The average molecular weight is 578 g/mol. The highest BCUT2D eigenvalue weighted by atomic mass is 19.1. The van der Waals surface area contributed by atoms with Crippen molar-refractivity contribution < 1.29 is 37.4 Å². The first-order valence-corrected chi connectivity index (χ1v) is 13.1. The van der Waals surface area contributed by atoms with E-state index in [1.807, 2.05) is 12.1 Å². The number of carbonyl (C=O) groups excluding carboxylic acids is 3. The minimum Gasteiger partial charge on any atom is -0.465 e. The molecule has 9 nitrogen and oxygen atoms in total. The summed E-state index contributed by atoms with van der Waals surface area (Å²) in [6, 6.07) is 12.2. The third-order valence-corrected chi connectivity index (χ3v) is 7.45. The van der Waals surface area contributed by atoms with Gasteiger partial charge < -0.3 is 24.5 Å². The number of anilines is 2. The van der Waals surface area contributed by atoms with E-state index in [1.165, 1.54) is 38.5 Å². The highest BCUT2D eigenvalue weighted by Crippen LogP contribution is 2.46. The van der Waals surface area contributed by atoms with Crippen LogP contribution in [0, 0.1) is 11.6 Å². The summed E-state index contributed by atoms with van der Waals surface area (Å²) in [6.07, 6.45) is -0.128. The molecule has 0 bridgehead atoms. The van der Waals surface area contributed by atoms with Gasteiger partial charge in [-0.2, -0.15) is 0 Å². The van der Waals surface area contributed by atoms with E-state index in [-0.39, 0.29) is 33.6 Å². The van der Waals surface area contributed by atoms with E-state index in [1.54, 1.807) is 39.1 Å². The van der Waals surface area contributed by atoms with Gasteiger partial charge in [0, 0.05) is 34.6 Å². The van der Waals surface area contributed by atoms with E-state index in [9.17, 15) is 14.4 Å². The zero-order chi connectivity index (χ0) is 30.3. The SMILES string of the molecule is COC(=O)c1cc(NC(=O)O[C@H]2[C@H](C)c3c(cc(F)c(-c4cccc5cc[nH]c45)c3F)NC2(C)C)cc(C(=O)OC)c1. The molecule has 0 saturated heterocycles. The van der Waals surface area contributed by atoms with E-state index in [0.717, 1.165) is 5.39 Å². The Bertz CT molecular complexity index is 1700. The van der Waals surface area contributed by atoms with Gasteiger partial charge in [0.25, 0.3) is 0 Å². The molecule has 3 aromatic carbocycles. The van der Waals surface area contributed by atoms with Crippen LogP contribution in [0.4, 0.5) is 25.0 Å². The number of ether oxygens (including phenoxy) is 3. The van der Waals surface area contributed by atoms with Gasteiger partial charge in [0.15, 0.2) is 0 Å². The smallest absolute Gasteiger partial charge is 0.412 e. The minimum absolute atomic E-state index is 0.00590. The van der Waals surface area contributed by atoms with Gasteiger partial charge in [0.2, 0.25) is 0 Å². The molecular weight excluding hydrogens is 548 g/mol. The molecule has 1 aliphatic rings. The summed E-state index contributed by atoms with van der Waals surface area (Å²) in [4.78, 5) is 40.4. The fourth-order valence-corrected chi connectivity index (χ4v) is 5.60. The second-order valence-electron chi connectivity index (χ2n) is 10.6. The number of benzene rings is 3. The van der Waals surface area contributed by atoms with Crippen molar-refractivity contribution in [1.29, 1.82) is 0 Å². The molecule has 1 amide bonds. The number of esters is 2. The molecule has 0 unspecified atom stereocenters. The normalized spacial score (nSPS) is 17.1. The maximum absolute atomic E-state index is 16.3. The van der Waals surface area contributed by atoms with E-state index in [0.29, 0.717) is 11.1 Å². The molecule has 1 aromatic heterocycles. The Morgan fingerprint density at radius 3 is 2.26 bits per heavy atom. The third-order valence-electron chi connectivity index (χ3n) is 7.45. The highest BCUT2D eigenvalue weighted by Gasteiger charge is 2.45. The van der Waals surface area contributed by atoms with Crippen LogP contribution < -0.4 is 10.6 Å². The number of hydrogen-bond acceptors (Lipinski definition) is 7. The lowest BCUT2D eigenvalue weighted by atomic mass is 9.77. The molecule has 2 atom stereocenters. The number of amides is 1. The molecule has 218 valence electrons. The van der Waals surface area contributed by atoms with Crippen molar-refractivity contribution in [2.75, 3.05) is 24.9 Å². The van der Waals surface area contributed by atoms with E-state index < -0.39 is 47.2 Å². The van der Waals surface area contributed by atoms with Crippen LogP contribution in [0.15, 0.2) is 54.7 Å². The Morgan fingerprint density at radius 1 is 0.952 bits per heavy atom. The molecule has 0 fully saturated rings. The van der Waals surface area contributed by atoms with Gasteiger partial charge in [0.1, 0.15) is 17.7 Å². The molecule has 42 heavy (non-hydrogen) atoms. The summed E-state index contributed by atoms with van der Waals surface area (Å²) < 4.78 is 47.0. The number of rotatable bonds is 5. The van der Waals surface area contributed by atoms with Crippen molar-refractivity contribution in [3.05, 3.63) is 83.1 Å². The van der Waals surface area contributed by atoms with Crippen molar-refractivity contribution >= 4 is 40.3 Å². The van der Waals surface area contributed by atoms with Gasteiger partial charge >= 0.3 is 18.0 Å². The van der Waals surface area contributed by atoms with Crippen LogP contribution in [-0.2, 0) is 14.2 Å². The molecule has 1 aliphatic heterocycles. The topological polar surface area (TPSA) is 119 Å². The Kier molecular flexibility index (Phi) is 7.36. The Hall–Kier alpha value is -4.93. The maximum Gasteiger partial charge on any atom is 0.412 e. The van der Waals surface area contributed by atoms with E-state index in [2.05, 4.69) is 15.6 Å². The fraction of sp³-hybridized carbons (Fsp3) is 0.258. The average Bonchev–Trinajstić information content (AvgIpc) is 3.43. The van der Waals surface area contributed by atoms with Gasteiger partial charge in [-0.05, 0) is 49.6 Å². The first-order valence-electron chi connectivity index (χ1n) is 13.1. The van der Waals surface area contributed by atoms with Gasteiger partial charge in [-0.15, -0.1) is 0 Å². The second kappa shape index (κ2) is 10.8. The summed E-state index contributed by atoms with van der Waals surface area (Å²) in [5.74, 6) is -3.64. The lowest BCUT2D eigenvalue weighted by Gasteiger charge is -2.44. The van der Waals surface area contributed by atoms with Gasteiger partial charge in [-0.1, -0.05) is 25.1 Å². The quantitative estimate of drug-likeness (QED) is 0.180. The molecule has 2 heterocycles. The summed E-state index contributed by atoms with van der Waals surface area (Å²) >= 11 is 0. The van der Waals surface area contributed by atoms with Crippen molar-refractivity contribution in [2.45, 2.75) is 38.3 Å². The molecule has 5 rings (SSSR count). The first-order chi connectivity index (χ1) is 19.9. The molecule has 0 aliphatic carbocycles. The molecule has 11 heteroatoms. The number of methoxy groups -OCH3 is 2. The highest BCUT2D eigenvalue weighted by molar-refractivity contribution is 5.99. The van der Waals surface area contributed by atoms with Gasteiger partial charge in [-0.25, -0.2) is 23.2 Å². The molecule has 3 N–H and O–H groups in total. The zero-order valence-electron chi connectivity index (χ0n) is 23.6. The fourth-order valence-electron chi connectivity index (χ4n) is 5.60. The second-order valence-corrected chi connectivity index (χ2v) is 10.6. The van der Waals surface area contributed by atoms with Crippen LogP contribution in [0.5, 0.6) is 0 Å². The van der Waals surface area contributed by atoms with E-state index >= 15 is 8.78 Å². The van der Waals surface area contributed by atoms with Crippen LogP contribution in [0.3, 0.4) is 0 Å². The monoisotopic (exact) mass is 577 g/mol. The number of hydrogen-bond donors (Lipinski definition) is 3. The largest absolute Gasteiger partial charge is 0.465 e. The number of halogens is 2. The summed E-state index contributed by atoms with van der Waals surface area (Å²) in [6.45, 7) is 5.20. The van der Waals surface area contributed by atoms with Crippen molar-refractivity contribution in [3.63, 3.8) is 0 Å². The summed E-state index contributed by atoms with van der Waals surface area (Å²) in [5, 5.41) is 6.46. The van der Waals surface area contributed by atoms with E-state index in [4.69, 9.17) is 14.2 Å². The van der Waals surface area contributed by atoms with Gasteiger partial charge in [-0.3, -0.25) is 5.32 Å². The number of aromatic nitrogens is 1. The number of fused-ring (bicyclic) bond motifs is 2. The standard InChI is InChI=1S/C31H29F2N3O6/c1-15-23-22(14-21(32)24(25(23)33)20-8-6-7-16-9-10-34-26(16)20)36-31(2,3)27(15)42-30(39)35-19-12-17(28(37)40-4)11-18(13-19)29(38)41-5/h6-15,27,34,36H,1-5H3,(H,35,39)/t15-,27+/m1/s1. The van der Waals surface area contributed by atoms with Crippen LogP contribution in [0.25, 0.3) is 22.0 Å². The Labute approximate surface area is 240 Å². The van der Waals surface area contributed by atoms with Gasteiger partial charge in [0.05, 0.1) is 42.0 Å². The number of carbonyl (C=O) groups is 3. The van der Waals surface area contributed by atoms with Crippen molar-refractivity contribution in [1.82, 2.24) is 4.98 Å². The van der Waals surface area contributed by atoms with Crippen molar-refractivity contribution in [2.24, 2.45) is 0 Å². The maximum atomic E-state index is 16.3. The minimum atomic E-state index is -0.936.